The second-order valence-electron chi connectivity index (χ2n) is 5.58. The van der Waals surface area contributed by atoms with Gasteiger partial charge in [0.15, 0.2) is 0 Å². The van der Waals surface area contributed by atoms with Crippen molar-refractivity contribution in [2.75, 3.05) is 6.61 Å². The van der Waals surface area contributed by atoms with E-state index in [-0.39, 0.29) is 5.92 Å². The first kappa shape index (κ1) is 16.4. The topological polar surface area (TPSA) is 33.0 Å². The minimum atomic E-state index is -0.203. The average molecular weight is 314 g/mol. The first-order chi connectivity index (χ1) is 10.5. The molecule has 3 heteroatoms. The molecule has 0 saturated carbocycles. The lowest BCUT2D eigenvalue weighted by Crippen LogP contribution is -2.05. The van der Waals surface area contributed by atoms with Crippen molar-refractivity contribution in [3.05, 3.63) is 63.7 Å². The van der Waals surface area contributed by atoms with Crippen LogP contribution in [0.4, 0.5) is 0 Å². The van der Waals surface area contributed by atoms with Gasteiger partial charge in [0.05, 0.1) is 18.6 Å². The summed E-state index contributed by atoms with van der Waals surface area (Å²) in [6.45, 7) is 6.72. The zero-order chi connectivity index (χ0) is 16.1. The van der Waals surface area contributed by atoms with Crippen LogP contribution in [-0.4, -0.2) is 6.61 Å². The zero-order valence-electron chi connectivity index (χ0n) is 13.2. The summed E-state index contributed by atoms with van der Waals surface area (Å²) in [7, 11) is 0. The Kier molecular flexibility index (Phi) is 5.46. The van der Waals surface area contributed by atoms with Crippen molar-refractivity contribution in [2.45, 2.75) is 33.1 Å². The molecule has 0 bridgehead atoms. The SMILES string of the molecule is Cc1cc(C)c(OCCC(C#N)c2cccc(Cl)c2)cc1C. The molecule has 0 aliphatic heterocycles. The fourth-order valence-electron chi connectivity index (χ4n) is 2.41. The first-order valence-corrected chi connectivity index (χ1v) is 7.75. The molecule has 0 fully saturated rings. The van der Waals surface area contributed by atoms with Crippen LogP contribution >= 0.6 is 11.6 Å². The molecule has 0 aliphatic rings. The predicted molar refractivity (Wildman–Crippen MR) is 90.6 cm³/mol. The summed E-state index contributed by atoms with van der Waals surface area (Å²) < 4.78 is 5.87. The first-order valence-electron chi connectivity index (χ1n) is 7.37. The molecule has 0 saturated heterocycles. The van der Waals surface area contributed by atoms with Crippen LogP contribution < -0.4 is 4.74 Å². The van der Waals surface area contributed by atoms with Gasteiger partial charge in [-0.2, -0.15) is 5.26 Å². The number of rotatable bonds is 5. The quantitative estimate of drug-likeness (QED) is 0.746. The molecule has 0 aromatic heterocycles. The van der Waals surface area contributed by atoms with Crippen LogP contribution in [0.5, 0.6) is 5.75 Å². The van der Waals surface area contributed by atoms with Gasteiger partial charge in [0.2, 0.25) is 0 Å². The predicted octanol–water partition coefficient (Wildman–Crippen LogP) is 5.34. The third kappa shape index (κ3) is 4.02. The van der Waals surface area contributed by atoms with E-state index in [0.29, 0.717) is 18.1 Å². The van der Waals surface area contributed by atoms with Gasteiger partial charge in [-0.1, -0.05) is 29.8 Å². The highest BCUT2D eigenvalue weighted by Gasteiger charge is 2.12. The number of nitrogens with zero attached hydrogens (tertiary/aromatic N) is 1. The molecule has 0 aliphatic carbocycles. The maximum Gasteiger partial charge on any atom is 0.122 e. The summed E-state index contributed by atoms with van der Waals surface area (Å²) in [5.41, 5.74) is 4.54. The third-order valence-corrected chi connectivity index (χ3v) is 4.10. The smallest absolute Gasteiger partial charge is 0.122 e. The highest BCUT2D eigenvalue weighted by molar-refractivity contribution is 6.30. The molecule has 1 atom stereocenters. The molecule has 114 valence electrons. The van der Waals surface area contributed by atoms with Gasteiger partial charge in [-0.15, -0.1) is 0 Å². The molecule has 0 spiro atoms. The zero-order valence-corrected chi connectivity index (χ0v) is 13.9. The van der Waals surface area contributed by atoms with E-state index < -0.39 is 0 Å². The van der Waals surface area contributed by atoms with Gasteiger partial charge in [-0.25, -0.2) is 0 Å². The van der Waals surface area contributed by atoms with E-state index in [9.17, 15) is 5.26 Å². The number of aryl methyl sites for hydroxylation is 3. The molecule has 0 heterocycles. The Labute approximate surface area is 137 Å². The fourth-order valence-corrected chi connectivity index (χ4v) is 2.60. The van der Waals surface area contributed by atoms with Crippen molar-refractivity contribution >= 4 is 11.6 Å². The molecule has 0 amide bonds. The molecule has 2 nitrogen and oxygen atoms in total. The van der Waals surface area contributed by atoms with Gasteiger partial charge >= 0.3 is 0 Å². The molecule has 2 rings (SSSR count). The largest absolute Gasteiger partial charge is 0.493 e. The van der Waals surface area contributed by atoms with Crippen LogP contribution in [-0.2, 0) is 0 Å². The number of halogens is 1. The van der Waals surface area contributed by atoms with Gasteiger partial charge in [-0.3, -0.25) is 0 Å². The summed E-state index contributed by atoms with van der Waals surface area (Å²) in [6.07, 6.45) is 0.642. The third-order valence-electron chi connectivity index (χ3n) is 3.86. The van der Waals surface area contributed by atoms with Crippen molar-refractivity contribution in [3.63, 3.8) is 0 Å². The number of ether oxygens (including phenoxy) is 1. The Hall–Kier alpha value is -1.98. The molecule has 2 aromatic rings. The molecule has 1 unspecified atom stereocenters. The minimum Gasteiger partial charge on any atom is -0.493 e. The summed E-state index contributed by atoms with van der Waals surface area (Å²) >= 11 is 5.99. The van der Waals surface area contributed by atoms with E-state index in [1.54, 1.807) is 0 Å². The van der Waals surface area contributed by atoms with Gasteiger partial charge in [0.25, 0.3) is 0 Å². The molecule has 0 radical (unpaired) electrons. The second-order valence-corrected chi connectivity index (χ2v) is 6.01. The van der Waals surface area contributed by atoms with Gasteiger partial charge in [0.1, 0.15) is 5.75 Å². The average Bonchev–Trinajstić information content (AvgIpc) is 2.48. The van der Waals surface area contributed by atoms with Gasteiger partial charge < -0.3 is 4.74 Å². The van der Waals surface area contributed by atoms with E-state index in [0.717, 1.165) is 16.9 Å². The number of nitriles is 1. The molecule has 2 aromatic carbocycles. The Bertz CT molecular complexity index is 703. The monoisotopic (exact) mass is 313 g/mol. The van der Waals surface area contributed by atoms with Crippen molar-refractivity contribution in [1.82, 2.24) is 0 Å². The Balaban J connectivity index is 2.01. The molecule has 0 N–H and O–H groups in total. The van der Waals surface area contributed by atoms with E-state index in [4.69, 9.17) is 16.3 Å². The minimum absolute atomic E-state index is 0.203. The molecular formula is C19H20ClNO. The number of hydrogen-bond acceptors (Lipinski definition) is 2. The maximum absolute atomic E-state index is 9.35. The summed E-state index contributed by atoms with van der Waals surface area (Å²) in [5.74, 6) is 0.691. The van der Waals surface area contributed by atoms with E-state index in [1.165, 1.54) is 11.1 Å². The Morgan fingerprint density at radius 1 is 1.09 bits per heavy atom. The van der Waals surface area contributed by atoms with Crippen LogP contribution in [0.25, 0.3) is 0 Å². The van der Waals surface area contributed by atoms with Crippen LogP contribution in [0.3, 0.4) is 0 Å². The lowest BCUT2D eigenvalue weighted by atomic mass is 9.98. The second kappa shape index (κ2) is 7.33. The summed E-state index contributed by atoms with van der Waals surface area (Å²) in [4.78, 5) is 0. The highest BCUT2D eigenvalue weighted by Crippen LogP contribution is 2.25. The Morgan fingerprint density at radius 3 is 2.50 bits per heavy atom. The van der Waals surface area contributed by atoms with Crippen LogP contribution in [0.15, 0.2) is 36.4 Å². The van der Waals surface area contributed by atoms with Crippen molar-refractivity contribution in [2.24, 2.45) is 0 Å². The summed E-state index contributed by atoms with van der Waals surface area (Å²) in [6, 6.07) is 14.0. The van der Waals surface area contributed by atoms with Gasteiger partial charge in [-0.05, 0) is 61.2 Å². The standard InChI is InChI=1S/C19H20ClNO/c1-13-9-15(3)19(10-14(13)2)22-8-7-17(12-21)16-5-4-6-18(20)11-16/h4-6,9-11,17H,7-8H2,1-3H3. The lowest BCUT2D eigenvalue weighted by Gasteiger charge is -2.14. The van der Waals surface area contributed by atoms with Gasteiger partial charge in [0, 0.05) is 11.4 Å². The van der Waals surface area contributed by atoms with Crippen LogP contribution in [0.2, 0.25) is 5.02 Å². The van der Waals surface area contributed by atoms with E-state index in [2.05, 4.69) is 32.0 Å². The summed E-state index contributed by atoms with van der Waals surface area (Å²) in [5, 5.41) is 10.0. The van der Waals surface area contributed by atoms with Crippen molar-refractivity contribution < 1.29 is 4.74 Å². The van der Waals surface area contributed by atoms with Crippen LogP contribution in [0, 0.1) is 32.1 Å². The molecule has 22 heavy (non-hydrogen) atoms. The lowest BCUT2D eigenvalue weighted by molar-refractivity contribution is 0.303. The highest BCUT2D eigenvalue weighted by atomic mass is 35.5. The van der Waals surface area contributed by atoms with Crippen LogP contribution in [0.1, 0.15) is 34.6 Å². The van der Waals surface area contributed by atoms with E-state index >= 15 is 0 Å². The van der Waals surface area contributed by atoms with Crippen molar-refractivity contribution in [3.8, 4) is 11.8 Å². The Morgan fingerprint density at radius 2 is 1.82 bits per heavy atom. The molecular weight excluding hydrogens is 294 g/mol. The maximum atomic E-state index is 9.35. The number of benzene rings is 2. The number of hydrogen-bond donors (Lipinski definition) is 0. The van der Waals surface area contributed by atoms with Crippen molar-refractivity contribution in [1.29, 1.82) is 5.26 Å². The fraction of sp³-hybridized carbons (Fsp3) is 0.316. The normalized spacial score (nSPS) is 11.8. The van der Waals surface area contributed by atoms with E-state index in [1.807, 2.05) is 31.2 Å².